The summed E-state index contributed by atoms with van der Waals surface area (Å²) < 4.78 is 27.6. The molecular weight excluding hydrogens is 384 g/mol. The second-order valence-electron chi connectivity index (χ2n) is 8.01. The molecule has 0 bridgehead atoms. The fourth-order valence-corrected chi connectivity index (χ4v) is 6.07. The molecule has 0 aliphatic carbocycles. The topological polar surface area (TPSA) is 57.7 Å². The molecule has 29 heavy (non-hydrogen) atoms. The highest BCUT2D eigenvalue weighted by molar-refractivity contribution is 7.89. The van der Waals surface area contributed by atoms with Gasteiger partial charge in [0.2, 0.25) is 10.0 Å². The molecule has 0 aromatic heterocycles. The van der Waals surface area contributed by atoms with Gasteiger partial charge in [-0.1, -0.05) is 36.8 Å². The summed E-state index contributed by atoms with van der Waals surface area (Å²) in [6.07, 6.45) is 4.74. The molecule has 1 amide bonds. The fourth-order valence-electron chi connectivity index (χ4n) is 4.50. The van der Waals surface area contributed by atoms with Crippen LogP contribution in [0.2, 0.25) is 0 Å². The van der Waals surface area contributed by atoms with Crippen LogP contribution < -0.4 is 0 Å². The molecule has 5 nitrogen and oxygen atoms in total. The minimum Gasteiger partial charge on any atom is -0.332 e. The van der Waals surface area contributed by atoms with E-state index in [9.17, 15) is 13.2 Å². The third-order valence-corrected chi connectivity index (χ3v) is 7.99. The number of piperidine rings is 1. The average molecular weight is 413 g/mol. The van der Waals surface area contributed by atoms with Crippen molar-refractivity contribution in [1.29, 1.82) is 0 Å². The van der Waals surface area contributed by atoms with Gasteiger partial charge < -0.3 is 4.90 Å². The quantitative estimate of drug-likeness (QED) is 0.758. The fraction of sp³-hybridized carbons (Fsp3) is 0.435. The lowest BCUT2D eigenvalue weighted by atomic mass is 9.99. The second kappa shape index (κ2) is 8.28. The Morgan fingerprint density at radius 2 is 1.69 bits per heavy atom. The Labute approximate surface area is 173 Å². The van der Waals surface area contributed by atoms with E-state index in [4.69, 9.17) is 0 Å². The van der Waals surface area contributed by atoms with Crippen LogP contribution in [0, 0.1) is 6.92 Å². The molecule has 1 atom stereocenters. The van der Waals surface area contributed by atoms with Gasteiger partial charge in [-0.05, 0) is 61.9 Å². The Balaban J connectivity index is 1.61. The molecule has 6 heteroatoms. The van der Waals surface area contributed by atoms with Crippen molar-refractivity contribution >= 4 is 15.9 Å². The zero-order chi connectivity index (χ0) is 20.4. The minimum atomic E-state index is -3.55. The first-order valence-electron chi connectivity index (χ1n) is 10.5. The van der Waals surface area contributed by atoms with E-state index >= 15 is 0 Å². The molecular formula is C23H28N2O3S. The smallest absolute Gasteiger partial charge is 0.254 e. The maximum Gasteiger partial charge on any atom is 0.254 e. The Morgan fingerprint density at radius 1 is 0.931 bits per heavy atom. The summed E-state index contributed by atoms with van der Waals surface area (Å²) in [5, 5.41) is 0. The molecule has 0 saturated carbocycles. The largest absolute Gasteiger partial charge is 0.332 e. The number of aryl methyl sites for hydroxylation is 1. The Morgan fingerprint density at radius 3 is 2.45 bits per heavy atom. The maximum atomic E-state index is 13.3. The molecule has 4 rings (SSSR count). The Kier molecular flexibility index (Phi) is 5.74. The zero-order valence-corrected chi connectivity index (χ0v) is 17.7. The van der Waals surface area contributed by atoms with E-state index in [-0.39, 0.29) is 16.8 Å². The van der Waals surface area contributed by atoms with Crippen LogP contribution in [0.4, 0.5) is 0 Å². The van der Waals surface area contributed by atoms with Crippen molar-refractivity contribution < 1.29 is 13.2 Å². The van der Waals surface area contributed by atoms with Crippen LogP contribution >= 0.6 is 0 Å². The lowest BCUT2D eigenvalue weighted by Gasteiger charge is -2.27. The number of hydrogen-bond acceptors (Lipinski definition) is 3. The average Bonchev–Trinajstić information content (AvgIpc) is 3.24. The highest BCUT2D eigenvalue weighted by Gasteiger charge is 2.32. The van der Waals surface area contributed by atoms with E-state index in [2.05, 4.69) is 19.1 Å². The number of benzene rings is 2. The SMILES string of the molecule is Cc1ccccc1C1CCCN1C(=O)c1cccc(S(=O)(=O)N2CCCCC2)c1. The number of sulfonamides is 1. The van der Waals surface area contributed by atoms with Gasteiger partial charge in [0.05, 0.1) is 10.9 Å². The molecule has 2 fully saturated rings. The van der Waals surface area contributed by atoms with Gasteiger partial charge in [0.1, 0.15) is 0 Å². The van der Waals surface area contributed by atoms with Gasteiger partial charge in [-0.2, -0.15) is 4.31 Å². The van der Waals surface area contributed by atoms with Crippen molar-refractivity contribution in [3.8, 4) is 0 Å². The summed E-state index contributed by atoms with van der Waals surface area (Å²) in [4.78, 5) is 15.4. The Bertz CT molecular complexity index is 997. The number of amides is 1. The van der Waals surface area contributed by atoms with Crippen LogP contribution in [0.5, 0.6) is 0 Å². The van der Waals surface area contributed by atoms with Crippen LogP contribution in [-0.2, 0) is 10.0 Å². The normalized spacial score (nSPS) is 20.7. The summed E-state index contributed by atoms with van der Waals surface area (Å²) in [6, 6.07) is 14.8. The van der Waals surface area contributed by atoms with Gasteiger partial charge in [0.25, 0.3) is 5.91 Å². The van der Waals surface area contributed by atoms with Gasteiger partial charge in [-0.3, -0.25) is 4.79 Å². The molecule has 0 N–H and O–H groups in total. The summed E-state index contributed by atoms with van der Waals surface area (Å²) >= 11 is 0. The molecule has 154 valence electrons. The van der Waals surface area contributed by atoms with Crippen LogP contribution in [0.3, 0.4) is 0 Å². The van der Waals surface area contributed by atoms with Crippen molar-refractivity contribution in [2.45, 2.75) is 50.0 Å². The first-order chi connectivity index (χ1) is 14.0. The highest BCUT2D eigenvalue weighted by Crippen LogP contribution is 2.35. The number of rotatable bonds is 4. The minimum absolute atomic E-state index is 0.0473. The number of nitrogens with zero attached hydrogens (tertiary/aromatic N) is 2. The third-order valence-electron chi connectivity index (χ3n) is 6.09. The van der Waals surface area contributed by atoms with Crippen LogP contribution in [-0.4, -0.2) is 43.2 Å². The monoisotopic (exact) mass is 412 g/mol. The first-order valence-corrected chi connectivity index (χ1v) is 11.9. The van der Waals surface area contributed by atoms with Crippen LogP contribution in [0.15, 0.2) is 53.4 Å². The van der Waals surface area contributed by atoms with Crippen LogP contribution in [0.25, 0.3) is 0 Å². The molecule has 2 aliphatic rings. The van der Waals surface area contributed by atoms with Crippen LogP contribution in [0.1, 0.15) is 59.6 Å². The number of likely N-dealkylation sites (tertiary alicyclic amines) is 1. The van der Waals surface area contributed by atoms with E-state index in [1.165, 1.54) is 11.1 Å². The molecule has 1 unspecified atom stereocenters. The number of carbonyl (C=O) groups excluding carboxylic acids is 1. The van der Waals surface area contributed by atoms with Gasteiger partial charge in [0.15, 0.2) is 0 Å². The highest BCUT2D eigenvalue weighted by atomic mass is 32.2. The Hall–Kier alpha value is -2.18. The van der Waals surface area contributed by atoms with Gasteiger partial charge in [-0.15, -0.1) is 0 Å². The van der Waals surface area contributed by atoms with Crippen molar-refractivity contribution in [3.05, 3.63) is 65.2 Å². The van der Waals surface area contributed by atoms with E-state index in [0.717, 1.165) is 32.1 Å². The van der Waals surface area contributed by atoms with Crippen molar-refractivity contribution in [3.63, 3.8) is 0 Å². The molecule has 2 aliphatic heterocycles. The molecule has 2 saturated heterocycles. The van der Waals surface area contributed by atoms with Crippen molar-refractivity contribution in [1.82, 2.24) is 9.21 Å². The number of hydrogen-bond donors (Lipinski definition) is 0. The summed E-state index contributed by atoms with van der Waals surface area (Å²) in [5.41, 5.74) is 2.80. The summed E-state index contributed by atoms with van der Waals surface area (Å²) in [7, 11) is -3.55. The molecule has 2 heterocycles. The lowest BCUT2D eigenvalue weighted by Crippen LogP contribution is -2.36. The summed E-state index contributed by atoms with van der Waals surface area (Å²) in [5.74, 6) is -0.0913. The van der Waals surface area contributed by atoms with E-state index < -0.39 is 10.0 Å². The second-order valence-corrected chi connectivity index (χ2v) is 9.94. The maximum absolute atomic E-state index is 13.3. The predicted octanol–water partition coefficient (Wildman–Crippen LogP) is 4.15. The molecule has 2 aromatic carbocycles. The lowest BCUT2D eigenvalue weighted by molar-refractivity contribution is 0.0735. The van der Waals surface area contributed by atoms with Gasteiger partial charge in [-0.25, -0.2) is 8.42 Å². The molecule has 2 aromatic rings. The molecule has 0 radical (unpaired) electrons. The number of carbonyl (C=O) groups is 1. The predicted molar refractivity (Wildman–Crippen MR) is 113 cm³/mol. The summed E-state index contributed by atoms with van der Waals surface area (Å²) in [6.45, 7) is 3.88. The van der Waals surface area contributed by atoms with E-state index in [1.54, 1.807) is 28.6 Å². The van der Waals surface area contributed by atoms with Gasteiger partial charge >= 0.3 is 0 Å². The van der Waals surface area contributed by atoms with E-state index in [0.29, 0.717) is 25.2 Å². The van der Waals surface area contributed by atoms with E-state index in [1.807, 2.05) is 17.0 Å². The third kappa shape index (κ3) is 3.96. The standard InChI is InChI=1S/C23H28N2O3S/c1-18-9-3-4-12-21(18)22-13-8-16-25(22)23(26)19-10-7-11-20(17-19)29(27,28)24-14-5-2-6-15-24/h3-4,7,9-12,17,22H,2,5-6,8,13-16H2,1H3. The van der Waals surface area contributed by atoms with Gasteiger partial charge in [0, 0.05) is 25.2 Å². The van der Waals surface area contributed by atoms with Crippen molar-refractivity contribution in [2.75, 3.05) is 19.6 Å². The first kappa shape index (κ1) is 20.1. The van der Waals surface area contributed by atoms with Crippen molar-refractivity contribution in [2.24, 2.45) is 0 Å². The zero-order valence-electron chi connectivity index (χ0n) is 16.9. The molecule has 0 spiro atoms.